The fourth-order valence-electron chi connectivity index (χ4n) is 2.53. The van der Waals surface area contributed by atoms with Gasteiger partial charge < -0.3 is 5.32 Å². The van der Waals surface area contributed by atoms with Crippen LogP contribution in [-0.4, -0.2) is 24.1 Å². The zero-order valence-electron chi connectivity index (χ0n) is 11.3. The molecule has 0 aromatic heterocycles. The Hall–Kier alpha value is -0.610. The molecule has 2 atom stereocenters. The molecule has 0 spiro atoms. The predicted octanol–water partition coefficient (Wildman–Crippen LogP) is 3.63. The smallest absolute Gasteiger partial charge is 0.159 e. The molecular formula is C15H21F2NS. The van der Waals surface area contributed by atoms with Gasteiger partial charge in [0.25, 0.3) is 0 Å². The largest absolute Gasteiger partial charge is 0.313 e. The SMILES string of the molecule is CCCNC(Cc1ccc(F)c(F)c1)C1CCSC1. The Morgan fingerprint density at radius 2 is 2.21 bits per heavy atom. The van der Waals surface area contributed by atoms with Crippen LogP contribution in [0.5, 0.6) is 0 Å². The molecule has 1 saturated heterocycles. The summed E-state index contributed by atoms with van der Waals surface area (Å²) >= 11 is 1.99. The van der Waals surface area contributed by atoms with Crippen molar-refractivity contribution < 1.29 is 8.78 Å². The van der Waals surface area contributed by atoms with Gasteiger partial charge in [-0.2, -0.15) is 11.8 Å². The maximum absolute atomic E-state index is 13.3. The van der Waals surface area contributed by atoms with Crippen molar-refractivity contribution in [3.05, 3.63) is 35.4 Å². The Morgan fingerprint density at radius 1 is 1.37 bits per heavy atom. The molecule has 0 saturated carbocycles. The second-order valence-corrected chi connectivity index (χ2v) is 6.29. The summed E-state index contributed by atoms with van der Waals surface area (Å²) in [6.45, 7) is 3.13. The fraction of sp³-hybridized carbons (Fsp3) is 0.600. The molecule has 4 heteroatoms. The molecule has 1 aromatic rings. The molecule has 1 nitrogen and oxygen atoms in total. The van der Waals surface area contributed by atoms with Crippen molar-refractivity contribution in [2.24, 2.45) is 5.92 Å². The van der Waals surface area contributed by atoms with Crippen molar-refractivity contribution in [1.29, 1.82) is 0 Å². The van der Waals surface area contributed by atoms with Gasteiger partial charge in [-0.05, 0) is 60.9 Å². The molecule has 0 aliphatic carbocycles. The third-order valence-electron chi connectivity index (χ3n) is 3.63. The van der Waals surface area contributed by atoms with Crippen molar-refractivity contribution in [2.75, 3.05) is 18.1 Å². The zero-order valence-corrected chi connectivity index (χ0v) is 12.1. The maximum Gasteiger partial charge on any atom is 0.159 e. The number of hydrogen-bond acceptors (Lipinski definition) is 2. The summed E-state index contributed by atoms with van der Waals surface area (Å²) in [4.78, 5) is 0. The summed E-state index contributed by atoms with van der Waals surface area (Å²) < 4.78 is 26.2. The third kappa shape index (κ3) is 4.18. The van der Waals surface area contributed by atoms with Gasteiger partial charge in [0.15, 0.2) is 11.6 Å². The standard InChI is InChI=1S/C15H21F2NS/c1-2-6-18-15(12-5-7-19-10-12)9-11-3-4-13(16)14(17)8-11/h3-4,8,12,15,18H,2,5-7,9-10H2,1H3. The molecule has 19 heavy (non-hydrogen) atoms. The van der Waals surface area contributed by atoms with E-state index >= 15 is 0 Å². The van der Waals surface area contributed by atoms with E-state index in [2.05, 4.69) is 12.2 Å². The van der Waals surface area contributed by atoms with E-state index < -0.39 is 11.6 Å². The average molecular weight is 285 g/mol. The minimum absolute atomic E-state index is 0.375. The highest BCUT2D eigenvalue weighted by molar-refractivity contribution is 7.99. The molecule has 2 rings (SSSR count). The van der Waals surface area contributed by atoms with Crippen LogP contribution in [0.2, 0.25) is 0 Å². The zero-order chi connectivity index (χ0) is 13.7. The summed E-state index contributed by atoms with van der Waals surface area (Å²) in [7, 11) is 0. The van der Waals surface area contributed by atoms with Crippen molar-refractivity contribution in [3.8, 4) is 0 Å². The van der Waals surface area contributed by atoms with E-state index in [-0.39, 0.29) is 0 Å². The van der Waals surface area contributed by atoms with E-state index in [4.69, 9.17) is 0 Å². The second kappa shape index (κ2) is 7.25. The lowest BCUT2D eigenvalue weighted by molar-refractivity contribution is 0.379. The first-order valence-corrected chi connectivity index (χ1v) is 8.11. The Morgan fingerprint density at radius 3 is 2.84 bits per heavy atom. The highest BCUT2D eigenvalue weighted by atomic mass is 32.2. The molecule has 0 radical (unpaired) electrons. The van der Waals surface area contributed by atoms with Crippen molar-refractivity contribution >= 4 is 11.8 Å². The molecule has 1 aliphatic rings. The number of benzene rings is 1. The average Bonchev–Trinajstić information content (AvgIpc) is 2.92. The van der Waals surface area contributed by atoms with Gasteiger partial charge >= 0.3 is 0 Å². The van der Waals surface area contributed by atoms with Crippen LogP contribution in [0.3, 0.4) is 0 Å². The van der Waals surface area contributed by atoms with Crippen LogP contribution < -0.4 is 5.32 Å². The summed E-state index contributed by atoms with van der Waals surface area (Å²) in [5.74, 6) is 1.52. The van der Waals surface area contributed by atoms with E-state index in [1.165, 1.54) is 30.1 Å². The molecule has 1 N–H and O–H groups in total. The summed E-state index contributed by atoms with van der Waals surface area (Å²) in [6, 6.07) is 4.63. The minimum Gasteiger partial charge on any atom is -0.313 e. The number of hydrogen-bond donors (Lipinski definition) is 1. The van der Waals surface area contributed by atoms with E-state index in [1.807, 2.05) is 11.8 Å². The molecule has 0 bridgehead atoms. The van der Waals surface area contributed by atoms with E-state index in [1.54, 1.807) is 6.07 Å². The Kier molecular flexibility index (Phi) is 5.64. The van der Waals surface area contributed by atoms with E-state index in [9.17, 15) is 8.78 Å². The van der Waals surface area contributed by atoms with Crippen LogP contribution in [0.4, 0.5) is 8.78 Å². The highest BCUT2D eigenvalue weighted by Crippen LogP contribution is 2.28. The summed E-state index contributed by atoms with van der Waals surface area (Å²) in [5, 5.41) is 3.56. The first kappa shape index (κ1) is 14.8. The van der Waals surface area contributed by atoms with Gasteiger partial charge in [-0.3, -0.25) is 0 Å². The monoisotopic (exact) mass is 285 g/mol. The molecule has 1 aromatic carbocycles. The van der Waals surface area contributed by atoms with Gasteiger partial charge in [-0.15, -0.1) is 0 Å². The lowest BCUT2D eigenvalue weighted by atomic mass is 9.93. The van der Waals surface area contributed by atoms with Gasteiger partial charge in [-0.1, -0.05) is 13.0 Å². The Balaban J connectivity index is 2.03. The van der Waals surface area contributed by atoms with Crippen LogP contribution in [0.15, 0.2) is 18.2 Å². The Labute approximate surface area is 118 Å². The molecule has 1 fully saturated rings. The van der Waals surface area contributed by atoms with Gasteiger partial charge in [0, 0.05) is 6.04 Å². The molecule has 2 unspecified atom stereocenters. The van der Waals surface area contributed by atoms with Crippen LogP contribution in [0.1, 0.15) is 25.3 Å². The molecule has 106 valence electrons. The number of nitrogens with one attached hydrogen (secondary N) is 1. The molecule has 0 amide bonds. The maximum atomic E-state index is 13.3. The fourth-order valence-corrected chi connectivity index (χ4v) is 3.86. The quantitative estimate of drug-likeness (QED) is 0.856. The van der Waals surface area contributed by atoms with Crippen molar-refractivity contribution in [1.82, 2.24) is 5.32 Å². The number of thioether (sulfide) groups is 1. The predicted molar refractivity (Wildman–Crippen MR) is 77.6 cm³/mol. The minimum atomic E-state index is -0.766. The third-order valence-corrected chi connectivity index (χ3v) is 4.82. The van der Waals surface area contributed by atoms with E-state index in [0.29, 0.717) is 12.0 Å². The van der Waals surface area contributed by atoms with Crippen molar-refractivity contribution in [3.63, 3.8) is 0 Å². The van der Waals surface area contributed by atoms with Crippen LogP contribution in [0.25, 0.3) is 0 Å². The normalized spacial score (nSPS) is 20.7. The molecular weight excluding hydrogens is 264 g/mol. The van der Waals surface area contributed by atoms with Gasteiger partial charge in [0.05, 0.1) is 0 Å². The van der Waals surface area contributed by atoms with Crippen molar-refractivity contribution in [2.45, 2.75) is 32.2 Å². The lowest BCUT2D eigenvalue weighted by Crippen LogP contribution is -2.38. The van der Waals surface area contributed by atoms with Crippen LogP contribution >= 0.6 is 11.8 Å². The summed E-state index contributed by atoms with van der Waals surface area (Å²) in [6.07, 6.45) is 3.09. The highest BCUT2D eigenvalue weighted by Gasteiger charge is 2.25. The lowest BCUT2D eigenvalue weighted by Gasteiger charge is -2.24. The second-order valence-electron chi connectivity index (χ2n) is 5.14. The molecule has 1 heterocycles. The molecule has 1 aliphatic heterocycles. The first-order valence-electron chi connectivity index (χ1n) is 6.95. The van der Waals surface area contributed by atoms with Gasteiger partial charge in [0.2, 0.25) is 0 Å². The number of halogens is 2. The van der Waals surface area contributed by atoms with Crippen LogP contribution in [0, 0.1) is 17.6 Å². The first-order chi connectivity index (χ1) is 9.20. The van der Waals surface area contributed by atoms with Gasteiger partial charge in [-0.25, -0.2) is 8.78 Å². The van der Waals surface area contributed by atoms with Gasteiger partial charge in [0.1, 0.15) is 0 Å². The summed E-state index contributed by atoms with van der Waals surface area (Å²) in [5.41, 5.74) is 0.879. The topological polar surface area (TPSA) is 12.0 Å². The van der Waals surface area contributed by atoms with E-state index in [0.717, 1.165) is 24.9 Å². The van der Waals surface area contributed by atoms with Crippen LogP contribution in [-0.2, 0) is 6.42 Å². The Bertz CT molecular complexity index is 405. The number of rotatable bonds is 6.